The molecule has 1 heterocycles. The molecule has 0 bridgehead atoms. The highest BCUT2D eigenvalue weighted by atomic mass is 32.2. The summed E-state index contributed by atoms with van der Waals surface area (Å²) in [6, 6.07) is 5.76. The van der Waals surface area contributed by atoms with E-state index in [4.69, 9.17) is 10.5 Å². The van der Waals surface area contributed by atoms with E-state index in [0.29, 0.717) is 26.2 Å². The van der Waals surface area contributed by atoms with Crippen molar-refractivity contribution in [2.24, 2.45) is 5.73 Å². The average molecular weight is 308 g/mol. The molecule has 0 aromatic heterocycles. The van der Waals surface area contributed by atoms with Gasteiger partial charge in [0.15, 0.2) is 9.84 Å². The van der Waals surface area contributed by atoms with Crippen molar-refractivity contribution in [3.8, 4) is 17.6 Å². The molecule has 1 fully saturated rings. The highest BCUT2D eigenvalue weighted by molar-refractivity contribution is 7.91. The van der Waals surface area contributed by atoms with E-state index in [2.05, 4.69) is 16.7 Å². The molecular formula is C15H20N2O3S. The van der Waals surface area contributed by atoms with E-state index in [0.717, 1.165) is 16.9 Å². The lowest BCUT2D eigenvalue weighted by atomic mass is 10.1. The van der Waals surface area contributed by atoms with Crippen LogP contribution in [0, 0.1) is 11.8 Å². The Kier molecular flexibility index (Phi) is 5.23. The standard InChI is InChI=1S/C15H20N2O3S/c1-20-15-5-4-13(3-2-6-16)11-14(15)12-17-7-9-21(18,19)10-8-17/h4-5,11H,6-10,12,16H2,1H3. The van der Waals surface area contributed by atoms with Gasteiger partial charge in [-0.05, 0) is 18.2 Å². The van der Waals surface area contributed by atoms with E-state index in [1.165, 1.54) is 0 Å². The second kappa shape index (κ2) is 6.94. The number of hydrogen-bond acceptors (Lipinski definition) is 5. The summed E-state index contributed by atoms with van der Waals surface area (Å²) in [5, 5.41) is 0. The summed E-state index contributed by atoms with van der Waals surface area (Å²) in [6.45, 7) is 2.11. The molecule has 114 valence electrons. The Morgan fingerprint density at radius 3 is 2.67 bits per heavy atom. The molecule has 0 radical (unpaired) electrons. The minimum absolute atomic E-state index is 0.224. The SMILES string of the molecule is COc1ccc(C#CCN)cc1CN1CCS(=O)(=O)CC1. The fourth-order valence-corrected chi connectivity index (χ4v) is 3.56. The van der Waals surface area contributed by atoms with Crippen molar-refractivity contribution in [3.05, 3.63) is 29.3 Å². The highest BCUT2D eigenvalue weighted by Gasteiger charge is 2.22. The number of nitrogens with zero attached hydrogens (tertiary/aromatic N) is 1. The van der Waals surface area contributed by atoms with Crippen molar-refractivity contribution < 1.29 is 13.2 Å². The molecule has 0 amide bonds. The van der Waals surface area contributed by atoms with Crippen molar-refractivity contribution >= 4 is 9.84 Å². The van der Waals surface area contributed by atoms with Crippen LogP contribution in [0.1, 0.15) is 11.1 Å². The van der Waals surface area contributed by atoms with E-state index in [9.17, 15) is 8.42 Å². The van der Waals surface area contributed by atoms with Crippen molar-refractivity contribution in [1.82, 2.24) is 4.90 Å². The lowest BCUT2D eigenvalue weighted by Crippen LogP contribution is -2.39. The molecule has 1 aliphatic heterocycles. The molecule has 2 rings (SSSR count). The van der Waals surface area contributed by atoms with Gasteiger partial charge in [-0.25, -0.2) is 8.42 Å². The van der Waals surface area contributed by atoms with Crippen molar-refractivity contribution in [1.29, 1.82) is 0 Å². The van der Waals surface area contributed by atoms with Crippen molar-refractivity contribution in [2.75, 3.05) is 38.2 Å². The molecule has 1 aliphatic rings. The Bertz CT molecular complexity index is 645. The van der Waals surface area contributed by atoms with Gasteiger partial charge in [0.25, 0.3) is 0 Å². The lowest BCUT2D eigenvalue weighted by molar-refractivity contribution is 0.282. The Hall–Kier alpha value is -1.55. The van der Waals surface area contributed by atoms with Gasteiger partial charge in [-0.3, -0.25) is 4.90 Å². The maximum absolute atomic E-state index is 11.5. The molecule has 0 spiro atoms. The Morgan fingerprint density at radius 1 is 1.33 bits per heavy atom. The first-order chi connectivity index (χ1) is 10.0. The second-order valence-electron chi connectivity index (χ2n) is 4.96. The fourth-order valence-electron chi connectivity index (χ4n) is 2.28. The molecule has 6 heteroatoms. The number of rotatable bonds is 3. The first-order valence-electron chi connectivity index (χ1n) is 6.83. The summed E-state index contributed by atoms with van der Waals surface area (Å²) in [5.74, 6) is 7.07. The molecule has 21 heavy (non-hydrogen) atoms. The van der Waals surface area contributed by atoms with Crippen LogP contribution in [0.4, 0.5) is 0 Å². The summed E-state index contributed by atoms with van der Waals surface area (Å²) in [6.07, 6.45) is 0. The summed E-state index contributed by atoms with van der Waals surface area (Å²) in [4.78, 5) is 2.12. The summed E-state index contributed by atoms with van der Waals surface area (Å²) in [7, 11) is -1.22. The van der Waals surface area contributed by atoms with E-state index in [-0.39, 0.29) is 11.5 Å². The Morgan fingerprint density at radius 2 is 2.05 bits per heavy atom. The molecule has 2 N–H and O–H groups in total. The van der Waals surface area contributed by atoms with Gasteiger partial charge in [-0.15, -0.1) is 0 Å². The van der Waals surface area contributed by atoms with Crippen LogP contribution in [0.25, 0.3) is 0 Å². The topological polar surface area (TPSA) is 72.6 Å². The zero-order valence-electron chi connectivity index (χ0n) is 12.1. The van der Waals surface area contributed by atoms with Gasteiger partial charge in [-0.1, -0.05) is 11.8 Å². The van der Waals surface area contributed by atoms with E-state index in [1.54, 1.807) is 7.11 Å². The number of methoxy groups -OCH3 is 1. The van der Waals surface area contributed by atoms with Crippen molar-refractivity contribution in [2.45, 2.75) is 6.54 Å². The third-order valence-corrected chi connectivity index (χ3v) is 5.06. The van der Waals surface area contributed by atoms with Gasteiger partial charge in [0.05, 0.1) is 25.2 Å². The predicted octanol–water partition coefficient (Wildman–Crippen LogP) is 0.236. The number of nitrogens with two attached hydrogens (primary N) is 1. The Balaban J connectivity index is 2.14. The van der Waals surface area contributed by atoms with Gasteiger partial charge in [-0.2, -0.15) is 0 Å². The zero-order chi connectivity index (χ0) is 15.3. The molecule has 0 aliphatic carbocycles. The zero-order valence-corrected chi connectivity index (χ0v) is 12.9. The molecule has 1 aromatic carbocycles. The number of ether oxygens (including phenoxy) is 1. The minimum Gasteiger partial charge on any atom is -0.496 e. The van der Waals surface area contributed by atoms with Crippen molar-refractivity contribution in [3.63, 3.8) is 0 Å². The first kappa shape index (κ1) is 15.8. The first-order valence-corrected chi connectivity index (χ1v) is 8.65. The van der Waals surface area contributed by atoms with Gasteiger partial charge in [0, 0.05) is 30.8 Å². The van der Waals surface area contributed by atoms with Crippen LogP contribution in [-0.4, -0.2) is 51.6 Å². The fraction of sp³-hybridized carbons (Fsp3) is 0.467. The summed E-state index contributed by atoms with van der Waals surface area (Å²) >= 11 is 0. The second-order valence-corrected chi connectivity index (χ2v) is 7.26. The normalized spacial score (nSPS) is 17.8. The molecule has 1 saturated heterocycles. The van der Waals surface area contributed by atoms with Crippen LogP contribution in [0.15, 0.2) is 18.2 Å². The van der Waals surface area contributed by atoms with Crippen LogP contribution < -0.4 is 10.5 Å². The molecular weight excluding hydrogens is 288 g/mol. The quantitative estimate of drug-likeness (QED) is 0.810. The lowest BCUT2D eigenvalue weighted by Gasteiger charge is -2.27. The number of sulfone groups is 1. The van der Waals surface area contributed by atoms with Crippen LogP contribution in [0.2, 0.25) is 0 Å². The van der Waals surface area contributed by atoms with E-state index < -0.39 is 9.84 Å². The monoisotopic (exact) mass is 308 g/mol. The highest BCUT2D eigenvalue weighted by Crippen LogP contribution is 2.22. The van der Waals surface area contributed by atoms with Gasteiger partial charge in [0.2, 0.25) is 0 Å². The van der Waals surface area contributed by atoms with Crippen LogP contribution >= 0.6 is 0 Å². The number of benzene rings is 1. The Labute approximate surface area is 126 Å². The van der Waals surface area contributed by atoms with Crippen LogP contribution in [0.3, 0.4) is 0 Å². The molecule has 1 aromatic rings. The molecule has 0 saturated carbocycles. The van der Waals surface area contributed by atoms with Gasteiger partial charge >= 0.3 is 0 Å². The van der Waals surface area contributed by atoms with E-state index in [1.807, 2.05) is 18.2 Å². The summed E-state index contributed by atoms with van der Waals surface area (Å²) < 4.78 is 28.3. The molecule has 5 nitrogen and oxygen atoms in total. The molecule has 0 atom stereocenters. The smallest absolute Gasteiger partial charge is 0.152 e. The third kappa shape index (κ3) is 4.46. The van der Waals surface area contributed by atoms with Gasteiger partial charge < -0.3 is 10.5 Å². The molecule has 0 unspecified atom stereocenters. The van der Waals surface area contributed by atoms with Crippen LogP contribution in [-0.2, 0) is 16.4 Å². The van der Waals surface area contributed by atoms with Crippen LogP contribution in [0.5, 0.6) is 5.75 Å². The maximum Gasteiger partial charge on any atom is 0.152 e. The van der Waals surface area contributed by atoms with Gasteiger partial charge in [0.1, 0.15) is 5.75 Å². The van der Waals surface area contributed by atoms with E-state index >= 15 is 0 Å². The predicted molar refractivity (Wildman–Crippen MR) is 82.9 cm³/mol. The maximum atomic E-state index is 11.5. The minimum atomic E-state index is -2.85. The third-order valence-electron chi connectivity index (χ3n) is 3.45. The number of hydrogen-bond donors (Lipinski definition) is 1. The largest absolute Gasteiger partial charge is 0.496 e. The summed E-state index contributed by atoms with van der Waals surface area (Å²) in [5.41, 5.74) is 7.29. The average Bonchev–Trinajstić information content (AvgIpc) is 2.47.